The summed E-state index contributed by atoms with van der Waals surface area (Å²) in [6, 6.07) is 32.1. The second-order valence-corrected chi connectivity index (χ2v) is 10.4. The Labute approximate surface area is 237 Å². The predicted octanol–water partition coefficient (Wildman–Crippen LogP) is 6.86. The van der Waals surface area contributed by atoms with Gasteiger partial charge in [-0.25, -0.2) is 9.97 Å². The van der Waals surface area contributed by atoms with Crippen molar-refractivity contribution in [2.24, 2.45) is 0 Å². The molecule has 0 bridgehead atoms. The maximum absolute atomic E-state index is 13.6. The largest absolute Gasteiger partial charge is 0.352 e. The summed E-state index contributed by atoms with van der Waals surface area (Å²) in [5, 5.41) is 3.72. The number of halogens is 1. The summed E-state index contributed by atoms with van der Waals surface area (Å²) in [4.78, 5) is 27.3. The first kappa shape index (κ1) is 24.4. The number of amides is 1. The first-order chi connectivity index (χ1) is 19.7. The van der Waals surface area contributed by atoms with Crippen LogP contribution >= 0.6 is 11.6 Å². The lowest BCUT2D eigenvalue weighted by Crippen LogP contribution is -2.49. The number of piperazine rings is 1. The zero-order valence-corrected chi connectivity index (χ0v) is 22.5. The Bertz CT molecular complexity index is 1850. The van der Waals surface area contributed by atoms with Gasteiger partial charge in [0.1, 0.15) is 12.1 Å². The molecule has 1 fully saturated rings. The van der Waals surface area contributed by atoms with Gasteiger partial charge in [-0.3, -0.25) is 4.79 Å². The quantitative estimate of drug-likeness (QED) is 0.244. The van der Waals surface area contributed by atoms with Crippen LogP contribution in [0.25, 0.3) is 38.6 Å². The zero-order valence-electron chi connectivity index (χ0n) is 21.7. The maximum Gasteiger partial charge on any atom is 0.254 e. The Kier molecular flexibility index (Phi) is 6.17. The molecule has 4 aromatic carbocycles. The molecule has 0 N–H and O–H groups in total. The molecular weight excluding hydrogens is 518 g/mol. The van der Waals surface area contributed by atoms with Crippen LogP contribution in [0, 0.1) is 0 Å². The van der Waals surface area contributed by atoms with Crippen LogP contribution in [0.5, 0.6) is 0 Å². The average Bonchev–Trinajstić information content (AvgIpc) is 3.41. The molecule has 0 saturated carbocycles. The monoisotopic (exact) mass is 543 g/mol. The highest BCUT2D eigenvalue weighted by Crippen LogP contribution is 2.37. The molecule has 1 saturated heterocycles. The minimum atomic E-state index is 0.0707. The van der Waals surface area contributed by atoms with Gasteiger partial charge in [0, 0.05) is 54.2 Å². The second kappa shape index (κ2) is 10.1. The molecule has 0 aliphatic carbocycles. The van der Waals surface area contributed by atoms with Gasteiger partial charge < -0.3 is 14.4 Å². The van der Waals surface area contributed by atoms with E-state index in [2.05, 4.69) is 27.8 Å². The van der Waals surface area contributed by atoms with E-state index in [1.165, 1.54) is 0 Å². The number of aromatic nitrogens is 3. The number of hydrogen-bond donors (Lipinski definition) is 0. The Hall–Kier alpha value is -4.68. The molecular formula is C33H26ClN5O. The van der Waals surface area contributed by atoms with Gasteiger partial charge in [0.25, 0.3) is 5.91 Å². The fourth-order valence-corrected chi connectivity index (χ4v) is 5.83. The van der Waals surface area contributed by atoms with Gasteiger partial charge in [0.05, 0.1) is 5.39 Å². The van der Waals surface area contributed by atoms with Crippen LogP contribution < -0.4 is 4.90 Å². The van der Waals surface area contributed by atoms with Crippen LogP contribution in [-0.4, -0.2) is 51.5 Å². The Morgan fingerprint density at radius 3 is 2.35 bits per heavy atom. The van der Waals surface area contributed by atoms with E-state index in [-0.39, 0.29) is 5.91 Å². The van der Waals surface area contributed by atoms with Crippen molar-refractivity contribution in [1.82, 2.24) is 19.4 Å². The summed E-state index contributed by atoms with van der Waals surface area (Å²) in [5.74, 6) is 0.947. The Balaban J connectivity index is 1.24. The highest BCUT2D eigenvalue weighted by atomic mass is 35.5. The number of carbonyl (C=O) groups is 1. The summed E-state index contributed by atoms with van der Waals surface area (Å²) in [6.07, 6.45) is 3.74. The molecule has 0 unspecified atom stereocenters. The van der Waals surface area contributed by atoms with Gasteiger partial charge in [-0.05, 0) is 40.6 Å². The lowest BCUT2D eigenvalue weighted by molar-refractivity contribution is 0.0748. The third-order valence-electron chi connectivity index (χ3n) is 7.62. The molecule has 1 aliphatic rings. The molecule has 40 heavy (non-hydrogen) atoms. The summed E-state index contributed by atoms with van der Waals surface area (Å²) >= 11 is 6.35. The fraction of sp³-hybridized carbons (Fsp3) is 0.121. The normalized spacial score (nSPS) is 13.7. The summed E-state index contributed by atoms with van der Waals surface area (Å²) in [5.41, 5.74) is 4.66. The van der Waals surface area contributed by atoms with E-state index in [4.69, 9.17) is 21.6 Å². The zero-order chi connectivity index (χ0) is 27.1. The van der Waals surface area contributed by atoms with E-state index in [1.807, 2.05) is 89.8 Å². The van der Waals surface area contributed by atoms with Gasteiger partial charge in [0.15, 0.2) is 5.65 Å². The Morgan fingerprint density at radius 2 is 1.52 bits per heavy atom. The summed E-state index contributed by atoms with van der Waals surface area (Å²) in [7, 11) is 0. The predicted molar refractivity (Wildman–Crippen MR) is 161 cm³/mol. The first-order valence-corrected chi connectivity index (χ1v) is 13.7. The average molecular weight is 544 g/mol. The highest BCUT2D eigenvalue weighted by molar-refractivity contribution is 6.30. The molecule has 3 heterocycles. The third kappa shape index (κ3) is 4.27. The number of nitrogens with zero attached hydrogens (tertiary/aromatic N) is 5. The first-order valence-electron chi connectivity index (χ1n) is 13.4. The van der Waals surface area contributed by atoms with Crippen LogP contribution in [-0.2, 0) is 0 Å². The van der Waals surface area contributed by atoms with Gasteiger partial charge in [-0.1, -0.05) is 84.4 Å². The molecule has 6 nitrogen and oxygen atoms in total. The van der Waals surface area contributed by atoms with E-state index >= 15 is 0 Å². The van der Waals surface area contributed by atoms with Crippen molar-refractivity contribution in [3.8, 4) is 16.8 Å². The van der Waals surface area contributed by atoms with Crippen molar-refractivity contribution in [3.63, 3.8) is 0 Å². The molecule has 2 aromatic heterocycles. The number of fused-ring (bicyclic) bond motifs is 2. The van der Waals surface area contributed by atoms with Crippen LogP contribution in [0.1, 0.15) is 10.4 Å². The highest BCUT2D eigenvalue weighted by Gasteiger charge is 2.27. The molecule has 7 rings (SSSR count). The minimum absolute atomic E-state index is 0.0707. The molecule has 6 aromatic rings. The number of benzene rings is 4. The van der Waals surface area contributed by atoms with E-state index in [0.717, 1.165) is 50.0 Å². The minimum Gasteiger partial charge on any atom is -0.352 e. The molecule has 7 heteroatoms. The van der Waals surface area contributed by atoms with Gasteiger partial charge in [-0.15, -0.1) is 0 Å². The van der Waals surface area contributed by atoms with Crippen LogP contribution in [0.2, 0.25) is 5.02 Å². The molecule has 0 atom stereocenters. The van der Waals surface area contributed by atoms with Crippen molar-refractivity contribution in [3.05, 3.63) is 120 Å². The maximum atomic E-state index is 13.6. The van der Waals surface area contributed by atoms with Crippen LogP contribution in [0.15, 0.2) is 110 Å². The summed E-state index contributed by atoms with van der Waals surface area (Å²) < 4.78 is 2.08. The molecule has 196 valence electrons. The van der Waals surface area contributed by atoms with Crippen molar-refractivity contribution in [2.45, 2.75) is 0 Å². The van der Waals surface area contributed by atoms with Gasteiger partial charge >= 0.3 is 0 Å². The van der Waals surface area contributed by atoms with E-state index < -0.39 is 0 Å². The van der Waals surface area contributed by atoms with Crippen molar-refractivity contribution >= 4 is 45.1 Å². The van der Waals surface area contributed by atoms with Gasteiger partial charge in [0.2, 0.25) is 0 Å². The fourth-order valence-electron chi connectivity index (χ4n) is 5.65. The Morgan fingerprint density at radius 1 is 0.775 bits per heavy atom. The molecule has 1 aliphatic heterocycles. The molecule has 0 spiro atoms. The second-order valence-electron chi connectivity index (χ2n) is 9.96. The van der Waals surface area contributed by atoms with Crippen molar-refractivity contribution in [1.29, 1.82) is 0 Å². The third-order valence-corrected chi connectivity index (χ3v) is 7.86. The number of rotatable bonds is 4. The molecule has 0 radical (unpaired) electrons. The SMILES string of the molecule is O=C(c1cccc2ccccc12)N1CCN(c2ncnc3c2c(-c2ccccc2)cn3-c2cccc(Cl)c2)CC1. The summed E-state index contributed by atoms with van der Waals surface area (Å²) in [6.45, 7) is 2.59. The van der Waals surface area contributed by atoms with Crippen molar-refractivity contribution in [2.75, 3.05) is 31.1 Å². The lowest BCUT2D eigenvalue weighted by Gasteiger charge is -2.36. The van der Waals surface area contributed by atoms with E-state index in [9.17, 15) is 4.79 Å². The number of anilines is 1. The van der Waals surface area contributed by atoms with Gasteiger partial charge in [-0.2, -0.15) is 0 Å². The standard InChI is InChI=1S/C33H26ClN5O/c34-25-12-7-13-26(20-25)39-21-29(24-8-2-1-3-9-24)30-31(35-22-36-32(30)39)37-16-18-38(19-17-37)33(40)28-15-6-11-23-10-4-5-14-27(23)28/h1-15,20-22H,16-19H2. The molecule has 1 amide bonds. The van der Waals surface area contributed by atoms with E-state index in [1.54, 1.807) is 6.33 Å². The topological polar surface area (TPSA) is 54.3 Å². The lowest BCUT2D eigenvalue weighted by atomic mass is 10.0. The number of hydrogen-bond acceptors (Lipinski definition) is 4. The smallest absolute Gasteiger partial charge is 0.254 e. The van der Waals surface area contributed by atoms with Crippen LogP contribution in [0.4, 0.5) is 5.82 Å². The van der Waals surface area contributed by atoms with Crippen molar-refractivity contribution < 1.29 is 4.79 Å². The van der Waals surface area contributed by atoms with Crippen LogP contribution in [0.3, 0.4) is 0 Å². The van der Waals surface area contributed by atoms with E-state index in [0.29, 0.717) is 31.2 Å². The number of carbonyl (C=O) groups excluding carboxylic acids is 1.